The van der Waals surface area contributed by atoms with Gasteiger partial charge in [-0.15, -0.1) is 0 Å². The number of benzene rings is 1. The molecule has 0 bridgehead atoms. The van der Waals surface area contributed by atoms with E-state index in [1.807, 2.05) is 19.1 Å². The molecule has 1 aliphatic heterocycles. The quantitative estimate of drug-likeness (QED) is 0.839. The first-order valence-corrected chi connectivity index (χ1v) is 5.38. The number of carbonyl (C=O) groups excluding carboxylic acids is 1. The highest BCUT2D eigenvalue weighted by atomic mass is 79.9. The summed E-state index contributed by atoms with van der Waals surface area (Å²) in [6.07, 6.45) is -0.684. The molecule has 5 heteroatoms. The van der Waals surface area contributed by atoms with Gasteiger partial charge in [-0.3, -0.25) is 0 Å². The van der Waals surface area contributed by atoms with Gasteiger partial charge in [0.15, 0.2) is 0 Å². The van der Waals surface area contributed by atoms with Crippen LogP contribution in [0, 0.1) is 0 Å². The lowest BCUT2D eigenvalue weighted by molar-refractivity contribution is -0.0912. The second kappa shape index (κ2) is 4.20. The van der Waals surface area contributed by atoms with E-state index in [1.165, 1.54) is 0 Å². The van der Waals surface area contributed by atoms with Crippen molar-refractivity contribution in [1.82, 2.24) is 0 Å². The number of ether oxygens (including phenoxy) is 2. The van der Waals surface area contributed by atoms with Gasteiger partial charge < -0.3 is 14.8 Å². The molecule has 1 N–H and O–H groups in total. The summed E-state index contributed by atoms with van der Waals surface area (Å²) in [6, 6.07) is 5.38. The highest BCUT2D eigenvalue weighted by molar-refractivity contribution is 9.10. The van der Waals surface area contributed by atoms with Gasteiger partial charge >= 0.3 is 5.97 Å². The van der Waals surface area contributed by atoms with E-state index < -0.39 is 6.41 Å². The third-order valence-electron chi connectivity index (χ3n) is 2.01. The summed E-state index contributed by atoms with van der Waals surface area (Å²) in [5.74, 6) is -0.372. The number of rotatable bonds is 2. The van der Waals surface area contributed by atoms with E-state index in [-0.39, 0.29) is 5.97 Å². The maximum atomic E-state index is 11.6. The monoisotopic (exact) mass is 271 g/mol. The molecular formula is C10H10BrNO3. The van der Waals surface area contributed by atoms with Crippen molar-refractivity contribution in [1.29, 1.82) is 0 Å². The van der Waals surface area contributed by atoms with Crippen molar-refractivity contribution >= 4 is 27.6 Å². The highest BCUT2D eigenvalue weighted by Gasteiger charge is 2.25. The van der Waals surface area contributed by atoms with Crippen LogP contribution >= 0.6 is 15.9 Å². The maximum Gasteiger partial charge on any atom is 0.343 e. The standard InChI is InChI=1S/C10H10BrNO3/c1-2-14-10-12-8-4-3-6(11)5-7(8)9(13)15-10/h3-5,10,12H,2H2,1H3. The molecule has 0 saturated heterocycles. The molecule has 0 radical (unpaired) electrons. The van der Waals surface area contributed by atoms with Gasteiger partial charge in [-0.05, 0) is 25.1 Å². The predicted octanol–water partition coefficient (Wildman–Crippen LogP) is 2.35. The number of hydrogen-bond donors (Lipinski definition) is 1. The van der Waals surface area contributed by atoms with Crippen molar-refractivity contribution in [2.45, 2.75) is 13.3 Å². The SMILES string of the molecule is CCOC1Nc2ccc(Br)cc2C(=O)O1. The van der Waals surface area contributed by atoms with Crippen molar-refractivity contribution in [3.63, 3.8) is 0 Å². The molecule has 1 heterocycles. The zero-order valence-corrected chi connectivity index (χ0v) is 9.71. The summed E-state index contributed by atoms with van der Waals surface area (Å²) in [4.78, 5) is 11.6. The number of nitrogens with one attached hydrogen (secondary N) is 1. The first kappa shape index (κ1) is 10.4. The summed E-state index contributed by atoms with van der Waals surface area (Å²) in [6.45, 7) is 2.32. The zero-order chi connectivity index (χ0) is 10.8. The van der Waals surface area contributed by atoms with Crippen molar-refractivity contribution in [3.8, 4) is 0 Å². The van der Waals surface area contributed by atoms with Crippen molar-refractivity contribution in [2.75, 3.05) is 11.9 Å². The largest absolute Gasteiger partial charge is 0.413 e. The molecule has 1 aliphatic rings. The summed E-state index contributed by atoms with van der Waals surface area (Å²) >= 11 is 3.30. The average molecular weight is 272 g/mol. The smallest absolute Gasteiger partial charge is 0.343 e. The van der Waals surface area contributed by atoms with E-state index >= 15 is 0 Å². The molecule has 0 amide bonds. The van der Waals surface area contributed by atoms with Crippen molar-refractivity contribution < 1.29 is 14.3 Å². The van der Waals surface area contributed by atoms with Gasteiger partial charge in [0.05, 0.1) is 11.3 Å². The van der Waals surface area contributed by atoms with Crippen LogP contribution in [0.3, 0.4) is 0 Å². The van der Waals surface area contributed by atoms with Crippen LogP contribution in [0.4, 0.5) is 5.69 Å². The molecule has 0 aromatic heterocycles. The average Bonchev–Trinajstić information content (AvgIpc) is 2.20. The van der Waals surface area contributed by atoms with E-state index in [2.05, 4.69) is 21.2 Å². The lowest BCUT2D eigenvalue weighted by Crippen LogP contribution is -2.34. The summed E-state index contributed by atoms with van der Waals surface area (Å²) in [5.41, 5.74) is 1.24. The van der Waals surface area contributed by atoms with Gasteiger partial charge in [-0.1, -0.05) is 15.9 Å². The Kier molecular flexibility index (Phi) is 2.93. The van der Waals surface area contributed by atoms with Crippen LogP contribution in [0.15, 0.2) is 22.7 Å². The summed E-state index contributed by atoms with van der Waals surface area (Å²) in [7, 11) is 0. The Hall–Kier alpha value is -1.07. The van der Waals surface area contributed by atoms with E-state index in [0.717, 1.165) is 10.2 Å². The minimum Gasteiger partial charge on any atom is -0.413 e. The first-order valence-electron chi connectivity index (χ1n) is 4.59. The molecule has 4 nitrogen and oxygen atoms in total. The minimum absolute atomic E-state index is 0.372. The highest BCUT2D eigenvalue weighted by Crippen LogP contribution is 2.26. The molecule has 0 saturated carbocycles. The van der Waals surface area contributed by atoms with Gasteiger partial charge in [-0.25, -0.2) is 4.79 Å². The van der Waals surface area contributed by atoms with E-state index in [9.17, 15) is 4.79 Å². The number of cyclic esters (lactones) is 1. The number of anilines is 1. The number of esters is 1. The Labute approximate surface area is 95.7 Å². The van der Waals surface area contributed by atoms with Gasteiger partial charge in [0.1, 0.15) is 0 Å². The molecule has 1 aromatic carbocycles. The Balaban J connectivity index is 2.28. The molecule has 0 spiro atoms. The second-order valence-electron chi connectivity index (χ2n) is 3.03. The van der Waals surface area contributed by atoms with Crippen molar-refractivity contribution in [3.05, 3.63) is 28.2 Å². The predicted molar refractivity (Wildman–Crippen MR) is 58.6 cm³/mol. The van der Waals surface area contributed by atoms with Crippen LogP contribution in [-0.4, -0.2) is 19.0 Å². The Morgan fingerprint density at radius 1 is 1.60 bits per heavy atom. The zero-order valence-electron chi connectivity index (χ0n) is 8.12. The van der Waals surface area contributed by atoms with E-state index in [4.69, 9.17) is 9.47 Å². The van der Waals surface area contributed by atoms with Crippen molar-refractivity contribution in [2.24, 2.45) is 0 Å². The van der Waals surface area contributed by atoms with Crippen LogP contribution in [0.5, 0.6) is 0 Å². The minimum atomic E-state index is -0.684. The molecule has 15 heavy (non-hydrogen) atoms. The molecule has 1 aromatic rings. The lowest BCUT2D eigenvalue weighted by Gasteiger charge is -2.25. The van der Waals surface area contributed by atoms with E-state index in [1.54, 1.807) is 6.07 Å². The summed E-state index contributed by atoms with van der Waals surface area (Å²) in [5, 5.41) is 2.97. The third kappa shape index (κ3) is 2.13. The van der Waals surface area contributed by atoms with Crippen LogP contribution < -0.4 is 5.32 Å². The number of halogens is 1. The van der Waals surface area contributed by atoms with Gasteiger partial charge in [-0.2, -0.15) is 0 Å². The van der Waals surface area contributed by atoms with Crippen LogP contribution in [0.2, 0.25) is 0 Å². The molecule has 1 unspecified atom stereocenters. The van der Waals surface area contributed by atoms with E-state index in [0.29, 0.717) is 12.2 Å². The molecule has 2 rings (SSSR count). The number of hydrogen-bond acceptors (Lipinski definition) is 4. The maximum absolute atomic E-state index is 11.6. The molecule has 0 aliphatic carbocycles. The fourth-order valence-corrected chi connectivity index (χ4v) is 1.72. The van der Waals surface area contributed by atoms with Crippen LogP contribution in [-0.2, 0) is 9.47 Å². The van der Waals surface area contributed by atoms with Crippen LogP contribution in [0.25, 0.3) is 0 Å². The fraction of sp³-hybridized carbons (Fsp3) is 0.300. The molecule has 0 fully saturated rings. The first-order chi connectivity index (χ1) is 7.20. The van der Waals surface area contributed by atoms with Gasteiger partial charge in [0, 0.05) is 11.1 Å². The normalized spacial score (nSPS) is 19.1. The third-order valence-corrected chi connectivity index (χ3v) is 2.50. The fourth-order valence-electron chi connectivity index (χ4n) is 1.36. The second-order valence-corrected chi connectivity index (χ2v) is 3.94. The number of carbonyl (C=O) groups is 1. The Bertz CT molecular complexity index is 394. The Morgan fingerprint density at radius 2 is 2.40 bits per heavy atom. The van der Waals surface area contributed by atoms with Gasteiger partial charge in [0.2, 0.25) is 0 Å². The van der Waals surface area contributed by atoms with Gasteiger partial charge in [0.25, 0.3) is 6.41 Å². The topological polar surface area (TPSA) is 47.6 Å². The Morgan fingerprint density at radius 3 is 3.13 bits per heavy atom. The number of fused-ring (bicyclic) bond motifs is 1. The summed E-state index contributed by atoms with van der Waals surface area (Å²) < 4.78 is 11.0. The molecular weight excluding hydrogens is 262 g/mol. The molecule has 1 atom stereocenters. The van der Waals surface area contributed by atoms with Crippen LogP contribution in [0.1, 0.15) is 17.3 Å². The lowest BCUT2D eigenvalue weighted by atomic mass is 10.1. The molecule has 80 valence electrons.